The summed E-state index contributed by atoms with van der Waals surface area (Å²) in [6.45, 7) is 1.33. The van der Waals surface area contributed by atoms with Gasteiger partial charge in [-0.25, -0.2) is 0 Å². The van der Waals surface area contributed by atoms with Crippen molar-refractivity contribution in [1.82, 2.24) is 15.2 Å². The zero-order valence-corrected chi connectivity index (χ0v) is 12.3. The van der Waals surface area contributed by atoms with E-state index in [9.17, 15) is 4.79 Å². The number of H-pyrrole nitrogens is 1. The molecule has 1 saturated heterocycles. The van der Waals surface area contributed by atoms with Gasteiger partial charge in [0.25, 0.3) is 0 Å². The molecule has 1 aliphatic heterocycles. The molecule has 0 amide bonds. The number of carboxylic acid groups (broad SMARTS) is 1. The summed E-state index contributed by atoms with van der Waals surface area (Å²) in [6, 6.07) is 7.57. The smallest absolute Gasteiger partial charge is 0.306 e. The molecule has 1 aromatic heterocycles. The number of benzene rings is 1. The van der Waals surface area contributed by atoms with E-state index in [0.29, 0.717) is 37.7 Å². The van der Waals surface area contributed by atoms with Gasteiger partial charge in [0, 0.05) is 18.7 Å². The number of methoxy groups -OCH3 is 1. The largest absolute Gasteiger partial charge is 0.497 e. The van der Waals surface area contributed by atoms with Crippen LogP contribution < -0.4 is 9.64 Å². The van der Waals surface area contributed by atoms with Gasteiger partial charge in [-0.05, 0) is 37.1 Å². The fourth-order valence-corrected chi connectivity index (χ4v) is 2.60. The molecule has 1 aliphatic rings. The molecule has 0 bridgehead atoms. The highest BCUT2D eigenvalue weighted by Gasteiger charge is 2.26. The van der Waals surface area contributed by atoms with Gasteiger partial charge in [-0.3, -0.25) is 9.89 Å². The Kier molecular flexibility index (Phi) is 3.95. The highest BCUT2D eigenvalue weighted by molar-refractivity contribution is 5.70. The molecule has 2 N–H and O–H groups in total. The zero-order chi connectivity index (χ0) is 15.5. The van der Waals surface area contributed by atoms with Crippen LogP contribution in [0.4, 0.5) is 5.95 Å². The molecule has 0 saturated carbocycles. The second-order valence-electron chi connectivity index (χ2n) is 5.31. The summed E-state index contributed by atoms with van der Waals surface area (Å²) in [5.41, 5.74) is 0.931. The van der Waals surface area contributed by atoms with Crippen molar-refractivity contribution < 1.29 is 14.6 Å². The van der Waals surface area contributed by atoms with Crippen LogP contribution in [0.5, 0.6) is 5.75 Å². The first-order valence-corrected chi connectivity index (χ1v) is 7.22. The molecule has 3 rings (SSSR count). The molecule has 7 nitrogen and oxygen atoms in total. The first kappa shape index (κ1) is 14.4. The Hall–Kier alpha value is -2.57. The van der Waals surface area contributed by atoms with Crippen molar-refractivity contribution in [2.24, 2.45) is 5.92 Å². The maximum Gasteiger partial charge on any atom is 0.306 e. The van der Waals surface area contributed by atoms with Gasteiger partial charge in [-0.1, -0.05) is 0 Å². The normalized spacial score (nSPS) is 15.8. The lowest BCUT2D eigenvalue weighted by Crippen LogP contribution is -2.36. The van der Waals surface area contributed by atoms with Crippen LogP contribution in [0.2, 0.25) is 0 Å². The fourth-order valence-electron chi connectivity index (χ4n) is 2.60. The number of carboxylic acids is 1. The lowest BCUT2D eigenvalue weighted by molar-refractivity contribution is -0.142. The molecule has 0 radical (unpaired) electrons. The van der Waals surface area contributed by atoms with E-state index in [1.807, 2.05) is 29.2 Å². The summed E-state index contributed by atoms with van der Waals surface area (Å²) < 4.78 is 5.13. The Labute approximate surface area is 127 Å². The summed E-state index contributed by atoms with van der Waals surface area (Å²) in [4.78, 5) is 17.5. The molecule has 0 atom stereocenters. The number of carbonyl (C=O) groups is 1. The molecule has 7 heteroatoms. The van der Waals surface area contributed by atoms with Crippen LogP contribution >= 0.6 is 0 Å². The average Bonchev–Trinajstić information content (AvgIpc) is 3.05. The molecule has 1 aromatic carbocycles. The Balaban J connectivity index is 1.70. The van der Waals surface area contributed by atoms with E-state index in [0.717, 1.165) is 11.3 Å². The van der Waals surface area contributed by atoms with E-state index in [-0.39, 0.29) is 5.92 Å². The van der Waals surface area contributed by atoms with E-state index >= 15 is 0 Å². The number of nitrogens with one attached hydrogen (secondary N) is 1. The highest BCUT2D eigenvalue weighted by atomic mass is 16.5. The van der Waals surface area contributed by atoms with E-state index in [4.69, 9.17) is 9.84 Å². The third kappa shape index (κ3) is 2.88. The van der Waals surface area contributed by atoms with Gasteiger partial charge in [0.05, 0.1) is 13.0 Å². The summed E-state index contributed by atoms with van der Waals surface area (Å²) >= 11 is 0. The van der Waals surface area contributed by atoms with Crippen molar-refractivity contribution in [3.05, 3.63) is 24.3 Å². The number of aromatic amines is 1. The molecule has 22 heavy (non-hydrogen) atoms. The van der Waals surface area contributed by atoms with Crippen molar-refractivity contribution in [3.8, 4) is 17.1 Å². The number of nitrogens with zero attached hydrogens (tertiary/aromatic N) is 3. The van der Waals surface area contributed by atoms with E-state index in [1.165, 1.54) is 0 Å². The van der Waals surface area contributed by atoms with Crippen molar-refractivity contribution in [1.29, 1.82) is 0 Å². The van der Waals surface area contributed by atoms with Crippen LogP contribution in [0.3, 0.4) is 0 Å². The van der Waals surface area contributed by atoms with Gasteiger partial charge < -0.3 is 14.7 Å². The minimum atomic E-state index is -0.714. The van der Waals surface area contributed by atoms with E-state index < -0.39 is 5.97 Å². The summed E-state index contributed by atoms with van der Waals surface area (Å²) in [5, 5.41) is 16.2. The quantitative estimate of drug-likeness (QED) is 0.894. The molecule has 0 aliphatic carbocycles. The lowest BCUT2D eigenvalue weighted by Gasteiger charge is -2.28. The van der Waals surface area contributed by atoms with Crippen molar-refractivity contribution >= 4 is 11.9 Å². The minimum Gasteiger partial charge on any atom is -0.497 e. The Bertz CT molecular complexity index is 645. The fraction of sp³-hybridized carbons (Fsp3) is 0.400. The molecule has 0 spiro atoms. The number of hydrogen-bond donors (Lipinski definition) is 2. The number of ether oxygens (including phenoxy) is 1. The first-order valence-electron chi connectivity index (χ1n) is 7.22. The number of aromatic nitrogens is 3. The number of hydrogen-bond acceptors (Lipinski definition) is 5. The number of rotatable bonds is 4. The van der Waals surface area contributed by atoms with Gasteiger partial charge in [0.15, 0.2) is 5.82 Å². The monoisotopic (exact) mass is 302 g/mol. The molecule has 2 aromatic rings. The summed E-state index contributed by atoms with van der Waals surface area (Å²) in [5.74, 6) is 1.14. The number of aliphatic carboxylic acids is 1. The third-order valence-electron chi connectivity index (χ3n) is 3.96. The van der Waals surface area contributed by atoms with Crippen molar-refractivity contribution in [2.75, 3.05) is 25.1 Å². The predicted octanol–water partition coefficient (Wildman–Crippen LogP) is 1.78. The predicted molar refractivity (Wildman–Crippen MR) is 80.9 cm³/mol. The Morgan fingerprint density at radius 1 is 1.32 bits per heavy atom. The van der Waals surface area contributed by atoms with Crippen LogP contribution in [0.15, 0.2) is 24.3 Å². The van der Waals surface area contributed by atoms with Crippen LogP contribution in [0.25, 0.3) is 11.4 Å². The molecule has 1 fully saturated rings. The maximum absolute atomic E-state index is 11.0. The summed E-state index contributed by atoms with van der Waals surface area (Å²) in [7, 11) is 1.63. The lowest BCUT2D eigenvalue weighted by atomic mass is 9.97. The topological polar surface area (TPSA) is 91.3 Å². The highest BCUT2D eigenvalue weighted by Crippen LogP contribution is 2.24. The van der Waals surface area contributed by atoms with Crippen LogP contribution in [0.1, 0.15) is 12.8 Å². The maximum atomic E-state index is 11.0. The van der Waals surface area contributed by atoms with Crippen LogP contribution in [-0.2, 0) is 4.79 Å². The number of anilines is 1. The van der Waals surface area contributed by atoms with Crippen molar-refractivity contribution in [2.45, 2.75) is 12.8 Å². The first-order chi connectivity index (χ1) is 10.7. The van der Waals surface area contributed by atoms with Crippen LogP contribution in [-0.4, -0.2) is 46.5 Å². The van der Waals surface area contributed by atoms with Gasteiger partial charge in [-0.15, -0.1) is 5.10 Å². The molecular formula is C15H18N4O3. The Morgan fingerprint density at radius 2 is 2.00 bits per heavy atom. The van der Waals surface area contributed by atoms with E-state index in [2.05, 4.69) is 15.2 Å². The van der Waals surface area contributed by atoms with Gasteiger partial charge in [-0.2, -0.15) is 4.98 Å². The zero-order valence-electron chi connectivity index (χ0n) is 12.3. The molecule has 116 valence electrons. The van der Waals surface area contributed by atoms with E-state index in [1.54, 1.807) is 7.11 Å². The second kappa shape index (κ2) is 6.05. The standard InChI is InChI=1S/C15H18N4O3/c1-22-12-4-2-10(3-5-12)13-16-15(18-17-13)19-8-6-11(7-9-19)14(20)21/h2-5,11H,6-9H2,1H3,(H,20,21)(H,16,17,18). The van der Waals surface area contributed by atoms with Gasteiger partial charge >= 0.3 is 5.97 Å². The SMILES string of the molecule is COc1ccc(-c2nc(N3CCC(C(=O)O)CC3)n[nH]2)cc1. The average molecular weight is 302 g/mol. The Morgan fingerprint density at radius 3 is 2.59 bits per heavy atom. The van der Waals surface area contributed by atoms with Crippen molar-refractivity contribution in [3.63, 3.8) is 0 Å². The number of piperidine rings is 1. The second-order valence-corrected chi connectivity index (χ2v) is 5.31. The molecular weight excluding hydrogens is 284 g/mol. The minimum absolute atomic E-state index is 0.253. The van der Waals surface area contributed by atoms with Gasteiger partial charge in [0.2, 0.25) is 5.95 Å². The molecule has 2 heterocycles. The van der Waals surface area contributed by atoms with Gasteiger partial charge in [0.1, 0.15) is 5.75 Å². The summed E-state index contributed by atoms with van der Waals surface area (Å²) in [6.07, 6.45) is 1.25. The third-order valence-corrected chi connectivity index (χ3v) is 3.96. The van der Waals surface area contributed by atoms with Crippen LogP contribution in [0, 0.1) is 5.92 Å². The molecule has 0 unspecified atom stereocenters.